The molecule has 0 aliphatic carbocycles. The van der Waals surface area contributed by atoms with Crippen LogP contribution in [0, 0.1) is 11.7 Å². The summed E-state index contributed by atoms with van der Waals surface area (Å²) in [5.74, 6) is 1.56. The van der Waals surface area contributed by atoms with Crippen molar-refractivity contribution < 1.29 is 18.4 Å². The Morgan fingerprint density at radius 1 is 1.32 bits per heavy atom. The SMILES string of the molecule is O=C(COc1ccc(F)cc1)N1CCCC(Cc2nc(-c3ccsc3)no2)C1. The highest BCUT2D eigenvalue weighted by Gasteiger charge is 2.26. The quantitative estimate of drug-likeness (QED) is 0.629. The van der Waals surface area contributed by atoms with Crippen molar-refractivity contribution >= 4 is 17.2 Å². The number of benzene rings is 1. The van der Waals surface area contributed by atoms with E-state index >= 15 is 0 Å². The van der Waals surface area contributed by atoms with Crippen LogP contribution in [0.4, 0.5) is 4.39 Å². The van der Waals surface area contributed by atoms with Crippen molar-refractivity contribution in [3.8, 4) is 17.1 Å². The summed E-state index contributed by atoms with van der Waals surface area (Å²) >= 11 is 1.59. The average Bonchev–Trinajstić information content (AvgIpc) is 3.39. The Morgan fingerprint density at radius 2 is 2.18 bits per heavy atom. The highest BCUT2D eigenvalue weighted by molar-refractivity contribution is 7.08. The smallest absolute Gasteiger partial charge is 0.260 e. The van der Waals surface area contributed by atoms with Gasteiger partial charge in [0.05, 0.1) is 0 Å². The number of hydrogen-bond acceptors (Lipinski definition) is 6. The molecule has 0 spiro atoms. The van der Waals surface area contributed by atoms with Crippen LogP contribution in [0.2, 0.25) is 0 Å². The minimum Gasteiger partial charge on any atom is -0.484 e. The van der Waals surface area contributed by atoms with Crippen molar-refractivity contribution in [1.29, 1.82) is 0 Å². The van der Waals surface area contributed by atoms with Crippen LogP contribution in [0.15, 0.2) is 45.6 Å². The molecule has 1 saturated heterocycles. The van der Waals surface area contributed by atoms with E-state index in [4.69, 9.17) is 9.26 Å². The normalized spacial score (nSPS) is 16.9. The summed E-state index contributed by atoms with van der Waals surface area (Å²) in [5, 5.41) is 8.00. The molecular weight excluding hydrogens is 381 g/mol. The van der Waals surface area contributed by atoms with Gasteiger partial charge in [0.15, 0.2) is 6.61 Å². The van der Waals surface area contributed by atoms with Crippen LogP contribution in [-0.2, 0) is 11.2 Å². The van der Waals surface area contributed by atoms with Crippen molar-refractivity contribution in [2.45, 2.75) is 19.3 Å². The Morgan fingerprint density at radius 3 is 2.96 bits per heavy atom. The molecule has 1 fully saturated rings. The van der Waals surface area contributed by atoms with Gasteiger partial charge in [0.2, 0.25) is 11.7 Å². The summed E-state index contributed by atoms with van der Waals surface area (Å²) < 4.78 is 23.8. The van der Waals surface area contributed by atoms with Crippen LogP contribution in [0.25, 0.3) is 11.4 Å². The maximum Gasteiger partial charge on any atom is 0.260 e. The number of likely N-dealkylation sites (tertiary alicyclic amines) is 1. The Labute approximate surface area is 165 Å². The van der Waals surface area contributed by atoms with Crippen LogP contribution in [0.3, 0.4) is 0 Å². The Hall–Kier alpha value is -2.74. The third-order valence-corrected chi connectivity index (χ3v) is 5.44. The largest absolute Gasteiger partial charge is 0.484 e. The molecule has 0 radical (unpaired) electrons. The molecule has 1 aliphatic rings. The first-order valence-electron chi connectivity index (χ1n) is 9.18. The zero-order valence-electron chi connectivity index (χ0n) is 15.2. The first kappa shape index (κ1) is 18.6. The van der Waals surface area contributed by atoms with Crippen LogP contribution in [-0.4, -0.2) is 40.6 Å². The Bertz CT molecular complexity index is 911. The van der Waals surface area contributed by atoms with E-state index in [1.54, 1.807) is 11.3 Å². The number of ether oxygens (including phenoxy) is 1. The summed E-state index contributed by atoms with van der Waals surface area (Å²) in [5.41, 5.74) is 0.957. The predicted molar refractivity (Wildman–Crippen MR) is 103 cm³/mol. The fraction of sp³-hybridized carbons (Fsp3) is 0.350. The molecule has 8 heteroatoms. The fourth-order valence-electron chi connectivity index (χ4n) is 3.32. The molecule has 0 bridgehead atoms. The van der Waals surface area contributed by atoms with Gasteiger partial charge in [-0.3, -0.25) is 4.79 Å². The summed E-state index contributed by atoms with van der Waals surface area (Å²) in [4.78, 5) is 18.8. The number of piperidine rings is 1. The monoisotopic (exact) mass is 401 g/mol. The molecule has 1 aliphatic heterocycles. The molecule has 6 nitrogen and oxygen atoms in total. The van der Waals surface area contributed by atoms with E-state index in [0.29, 0.717) is 37.0 Å². The highest BCUT2D eigenvalue weighted by Crippen LogP contribution is 2.23. The summed E-state index contributed by atoms with van der Waals surface area (Å²) in [6.07, 6.45) is 2.59. The number of amides is 1. The van der Waals surface area contributed by atoms with E-state index in [1.807, 2.05) is 21.7 Å². The van der Waals surface area contributed by atoms with Gasteiger partial charge in [-0.15, -0.1) is 0 Å². The number of halogens is 1. The summed E-state index contributed by atoms with van der Waals surface area (Å²) in [6.45, 7) is 1.30. The van der Waals surface area contributed by atoms with Crippen LogP contribution >= 0.6 is 11.3 Å². The number of aromatic nitrogens is 2. The standard InChI is InChI=1S/C20H20FN3O3S/c21-16-3-5-17(6-4-16)26-12-19(25)24-8-1-2-14(11-24)10-18-22-20(23-27-18)15-7-9-28-13-15/h3-7,9,13-14H,1-2,8,10-12H2. The third-order valence-electron chi connectivity index (χ3n) is 4.76. The van der Waals surface area contributed by atoms with E-state index in [-0.39, 0.29) is 24.2 Å². The van der Waals surface area contributed by atoms with E-state index in [9.17, 15) is 9.18 Å². The van der Waals surface area contributed by atoms with Gasteiger partial charge in [0.25, 0.3) is 5.91 Å². The highest BCUT2D eigenvalue weighted by atomic mass is 32.1. The minimum absolute atomic E-state index is 0.0544. The Kier molecular flexibility index (Phi) is 5.66. The van der Waals surface area contributed by atoms with Gasteiger partial charge in [0.1, 0.15) is 11.6 Å². The molecule has 3 aromatic rings. The first-order valence-corrected chi connectivity index (χ1v) is 10.1. The predicted octanol–water partition coefficient (Wildman–Crippen LogP) is 3.80. The molecule has 0 N–H and O–H groups in total. The molecule has 0 saturated carbocycles. The van der Waals surface area contributed by atoms with Gasteiger partial charge < -0.3 is 14.2 Å². The second-order valence-corrected chi connectivity index (χ2v) is 7.60. The lowest BCUT2D eigenvalue weighted by Gasteiger charge is -2.32. The van der Waals surface area contributed by atoms with E-state index in [2.05, 4.69) is 10.1 Å². The number of nitrogens with zero attached hydrogens (tertiary/aromatic N) is 3. The van der Waals surface area contributed by atoms with Gasteiger partial charge in [-0.25, -0.2) is 4.39 Å². The minimum atomic E-state index is -0.333. The van der Waals surface area contributed by atoms with Crippen molar-refractivity contribution in [1.82, 2.24) is 15.0 Å². The number of carbonyl (C=O) groups excluding carboxylic acids is 1. The summed E-state index contributed by atoms with van der Waals surface area (Å²) in [6, 6.07) is 7.61. The van der Waals surface area contributed by atoms with Gasteiger partial charge in [-0.1, -0.05) is 5.16 Å². The lowest BCUT2D eigenvalue weighted by Crippen LogP contribution is -2.42. The average molecular weight is 401 g/mol. The number of rotatable bonds is 6. The van der Waals surface area contributed by atoms with Crippen LogP contribution < -0.4 is 4.74 Å². The van der Waals surface area contributed by atoms with Crippen LogP contribution in [0.5, 0.6) is 5.75 Å². The van der Waals surface area contributed by atoms with Gasteiger partial charge in [0, 0.05) is 30.5 Å². The molecule has 3 heterocycles. The maximum absolute atomic E-state index is 12.9. The van der Waals surface area contributed by atoms with E-state index in [0.717, 1.165) is 18.4 Å². The molecule has 1 unspecified atom stereocenters. The lowest BCUT2D eigenvalue weighted by atomic mass is 9.95. The van der Waals surface area contributed by atoms with Gasteiger partial charge in [-0.05, 0) is 54.5 Å². The molecule has 1 atom stereocenters. The molecule has 1 amide bonds. The number of carbonyl (C=O) groups is 1. The summed E-state index contributed by atoms with van der Waals surface area (Å²) in [7, 11) is 0. The second kappa shape index (κ2) is 8.52. The maximum atomic E-state index is 12.9. The molecule has 4 rings (SSSR count). The van der Waals surface area contributed by atoms with Crippen LogP contribution in [0.1, 0.15) is 18.7 Å². The van der Waals surface area contributed by atoms with E-state index < -0.39 is 0 Å². The van der Waals surface area contributed by atoms with Crippen molar-refractivity contribution in [3.05, 3.63) is 52.8 Å². The number of thiophene rings is 1. The molecule has 146 valence electrons. The van der Waals surface area contributed by atoms with Gasteiger partial charge >= 0.3 is 0 Å². The van der Waals surface area contributed by atoms with E-state index in [1.165, 1.54) is 24.3 Å². The lowest BCUT2D eigenvalue weighted by molar-refractivity contribution is -0.135. The fourth-order valence-corrected chi connectivity index (χ4v) is 3.95. The first-order chi connectivity index (χ1) is 13.7. The molecule has 2 aromatic heterocycles. The second-order valence-electron chi connectivity index (χ2n) is 6.82. The topological polar surface area (TPSA) is 68.5 Å². The zero-order chi connectivity index (χ0) is 19.3. The van der Waals surface area contributed by atoms with Crippen molar-refractivity contribution in [2.24, 2.45) is 5.92 Å². The molecular formula is C20H20FN3O3S. The molecule has 1 aromatic carbocycles. The third kappa shape index (κ3) is 4.56. The molecule has 28 heavy (non-hydrogen) atoms. The number of hydrogen-bond donors (Lipinski definition) is 0. The van der Waals surface area contributed by atoms with Gasteiger partial charge in [-0.2, -0.15) is 16.3 Å². The Balaban J connectivity index is 1.30. The zero-order valence-corrected chi connectivity index (χ0v) is 16.0. The van der Waals surface area contributed by atoms with Crippen molar-refractivity contribution in [3.63, 3.8) is 0 Å². The van der Waals surface area contributed by atoms with Crippen molar-refractivity contribution in [2.75, 3.05) is 19.7 Å².